The standard InChI is InChI=1S/C18H32N2O6S/c1-7-12(2)20(14-8-9-27(24,25)11-14)15(21)10-26-16(22)13(3)19-17(23)18(4,5)6/h12-14H,7-11H2,1-6H3,(H,19,23)/t12-,13-,14-/m0/s1. The molecule has 1 heterocycles. The SMILES string of the molecule is CC[C@H](C)N(C(=O)COC(=O)[C@H](C)NC(=O)C(C)(C)C)[C@H]1CCS(=O)(=O)C1. The molecule has 1 N–H and O–H groups in total. The van der Waals surface area contributed by atoms with Crippen LogP contribution in [-0.4, -0.2) is 67.3 Å². The summed E-state index contributed by atoms with van der Waals surface area (Å²) >= 11 is 0. The number of esters is 1. The first kappa shape index (κ1) is 23.4. The number of nitrogens with zero attached hydrogens (tertiary/aromatic N) is 1. The average molecular weight is 405 g/mol. The monoisotopic (exact) mass is 404 g/mol. The quantitative estimate of drug-likeness (QED) is 0.631. The van der Waals surface area contributed by atoms with E-state index >= 15 is 0 Å². The lowest BCUT2D eigenvalue weighted by atomic mass is 9.95. The minimum Gasteiger partial charge on any atom is -0.454 e. The summed E-state index contributed by atoms with van der Waals surface area (Å²) < 4.78 is 28.6. The van der Waals surface area contributed by atoms with Crippen molar-refractivity contribution in [3.63, 3.8) is 0 Å². The van der Waals surface area contributed by atoms with Crippen LogP contribution in [0, 0.1) is 5.41 Å². The van der Waals surface area contributed by atoms with Gasteiger partial charge in [-0.05, 0) is 26.7 Å². The van der Waals surface area contributed by atoms with Gasteiger partial charge in [0.05, 0.1) is 11.5 Å². The van der Waals surface area contributed by atoms with Crippen molar-refractivity contribution in [3.8, 4) is 0 Å². The second-order valence-corrected chi connectivity index (χ2v) is 10.4. The molecule has 0 unspecified atom stereocenters. The van der Waals surface area contributed by atoms with Gasteiger partial charge in [0.1, 0.15) is 6.04 Å². The summed E-state index contributed by atoms with van der Waals surface area (Å²) in [5.74, 6) is -1.42. The van der Waals surface area contributed by atoms with Crippen molar-refractivity contribution in [2.75, 3.05) is 18.1 Å². The molecule has 1 fully saturated rings. The van der Waals surface area contributed by atoms with E-state index in [1.807, 2.05) is 13.8 Å². The Morgan fingerprint density at radius 3 is 2.26 bits per heavy atom. The summed E-state index contributed by atoms with van der Waals surface area (Å²) in [4.78, 5) is 38.2. The van der Waals surface area contributed by atoms with Gasteiger partial charge in [0, 0.05) is 17.5 Å². The topological polar surface area (TPSA) is 110 Å². The first-order valence-corrected chi connectivity index (χ1v) is 11.1. The maximum atomic E-state index is 12.6. The Balaban J connectivity index is 2.68. The fraction of sp³-hybridized carbons (Fsp3) is 0.833. The Morgan fingerprint density at radius 2 is 1.81 bits per heavy atom. The fourth-order valence-electron chi connectivity index (χ4n) is 2.81. The summed E-state index contributed by atoms with van der Waals surface area (Å²) in [5.41, 5.74) is -0.647. The molecule has 0 spiro atoms. The van der Waals surface area contributed by atoms with E-state index in [0.717, 1.165) is 0 Å². The van der Waals surface area contributed by atoms with E-state index in [-0.39, 0.29) is 23.5 Å². The molecule has 0 radical (unpaired) electrons. The fourth-order valence-corrected chi connectivity index (χ4v) is 4.52. The largest absolute Gasteiger partial charge is 0.454 e. The van der Waals surface area contributed by atoms with E-state index in [9.17, 15) is 22.8 Å². The molecule has 0 aromatic heterocycles. The van der Waals surface area contributed by atoms with Crippen LogP contribution in [0.2, 0.25) is 0 Å². The number of rotatable bonds is 7. The Morgan fingerprint density at radius 1 is 1.22 bits per heavy atom. The minimum atomic E-state index is -3.14. The van der Waals surface area contributed by atoms with Gasteiger partial charge in [0.2, 0.25) is 5.91 Å². The number of carbonyl (C=O) groups excluding carboxylic acids is 3. The minimum absolute atomic E-state index is 0.0604. The molecule has 0 saturated carbocycles. The van der Waals surface area contributed by atoms with Crippen molar-refractivity contribution >= 4 is 27.6 Å². The zero-order valence-electron chi connectivity index (χ0n) is 17.1. The van der Waals surface area contributed by atoms with Crippen LogP contribution in [0.3, 0.4) is 0 Å². The van der Waals surface area contributed by atoms with Gasteiger partial charge < -0.3 is 15.0 Å². The van der Waals surface area contributed by atoms with Crippen LogP contribution < -0.4 is 5.32 Å². The van der Waals surface area contributed by atoms with Crippen molar-refractivity contribution in [3.05, 3.63) is 0 Å². The van der Waals surface area contributed by atoms with E-state index in [2.05, 4.69) is 5.32 Å². The highest BCUT2D eigenvalue weighted by Crippen LogP contribution is 2.21. The number of hydrogen-bond acceptors (Lipinski definition) is 6. The molecule has 0 aromatic carbocycles. The molecule has 8 nitrogen and oxygen atoms in total. The molecule has 0 bridgehead atoms. The summed E-state index contributed by atoms with van der Waals surface area (Å²) in [7, 11) is -3.14. The summed E-state index contributed by atoms with van der Waals surface area (Å²) in [6.45, 7) is 9.94. The third kappa shape index (κ3) is 6.79. The second-order valence-electron chi connectivity index (χ2n) is 8.17. The van der Waals surface area contributed by atoms with Crippen molar-refractivity contribution in [1.82, 2.24) is 10.2 Å². The molecule has 0 aromatic rings. The molecule has 1 aliphatic rings. The van der Waals surface area contributed by atoms with Crippen molar-refractivity contribution in [2.45, 2.75) is 72.5 Å². The molecular weight excluding hydrogens is 372 g/mol. The van der Waals surface area contributed by atoms with Gasteiger partial charge >= 0.3 is 5.97 Å². The van der Waals surface area contributed by atoms with Gasteiger partial charge in [0.25, 0.3) is 5.91 Å². The molecule has 156 valence electrons. The van der Waals surface area contributed by atoms with Crippen LogP contribution >= 0.6 is 0 Å². The highest BCUT2D eigenvalue weighted by atomic mass is 32.2. The highest BCUT2D eigenvalue weighted by molar-refractivity contribution is 7.91. The van der Waals surface area contributed by atoms with Gasteiger partial charge in [-0.2, -0.15) is 0 Å². The predicted molar refractivity (Wildman–Crippen MR) is 102 cm³/mol. The van der Waals surface area contributed by atoms with Gasteiger partial charge in [-0.3, -0.25) is 9.59 Å². The number of sulfone groups is 1. The lowest BCUT2D eigenvalue weighted by Gasteiger charge is -2.33. The maximum absolute atomic E-state index is 12.6. The van der Waals surface area contributed by atoms with E-state index in [1.54, 1.807) is 20.8 Å². The molecule has 2 amide bonds. The second kappa shape index (κ2) is 9.03. The third-order valence-corrected chi connectivity index (χ3v) is 6.43. The van der Waals surface area contributed by atoms with Crippen LogP contribution in [0.4, 0.5) is 0 Å². The zero-order valence-corrected chi connectivity index (χ0v) is 17.9. The highest BCUT2D eigenvalue weighted by Gasteiger charge is 2.37. The lowest BCUT2D eigenvalue weighted by Crippen LogP contribution is -2.49. The number of ether oxygens (including phenoxy) is 1. The van der Waals surface area contributed by atoms with Crippen LogP contribution in [-0.2, 0) is 29.0 Å². The van der Waals surface area contributed by atoms with Crippen LogP contribution in [0.5, 0.6) is 0 Å². The van der Waals surface area contributed by atoms with Crippen LogP contribution in [0.15, 0.2) is 0 Å². The van der Waals surface area contributed by atoms with Gasteiger partial charge in [-0.25, -0.2) is 13.2 Å². The first-order chi connectivity index (χ1) is 12.3. The number of nitrogens with one attached hydrogen (secondary N) is 1. The van der Waals surface area contributed by atoms with Crippen molar-refractivity contribution in [2.24, 2.45) is 5.41 Å². The average Bonchev–Trinajstić information content (AvgIpc) is 2.90. The van der Waals surface area contributed by atoms with Crippen molar-refractivity contribution in [1.29, 1.82) is 0 Å². The molecule has 9 heteroatoms. The molecule has 1 saturated heterocycles. The maximum Gasteiger partial charge on any atom is 0.328 e. The molecule has 0 aliphatic carbocycles. The predicted octanol–water partition coefficient (Wildman–Crippen LogP) is 0.895. The molecular formula is C18H32N2O6S. The van der Waals surface area contributed by atoms with Gasteiger partial charge in [-0.1, -0.05) is 27.7 Å². The summed E-state index contributed by atoms with van der Waals surface area (Å²) in [5, 5.41) is 2.55. The Kier molecular flexibility index (Phi) is 7.83. The number of hydrogen-bond donors (Lipinski definition) is 1. The van der Waals surface area contributed by atoms with Crippen LogP contribution in [0.1, 0.15) is 54.4 Å². The van der Waals surface area contributed by atoms with E-state index in [0.29, 0.717) is 12.8 Å². The number of amides is 2. The van der Waals surface area contributed by atoms with Gasteiger partial charge in [0.15, 0.2) is 16.4 Å². The van der Waals surface area contributed by atoms with E-state index in [4.69, 9.17) is 4.74 Å². The smallest absolute Gasteiger partial charge is 0.328 e. The Hall–Kier alpha value is -1.64. The number of carbonyl (C=O) groups is 3. The van der Waals surface area contributed by atoms with E-state index in [1.165, 1.54) is 11.8 Å². The molecule has 3 atom stereocenters. The normalized spacial score (nSPS) is 21.2. The Bertz CT molecular complexity index is 668. The summed E-state index contributed by atoms with van der Waals surface area (Å²) in [6, 6.07) is -1.44. The molecule has 1 rings (SSSR count). The summed E-state index contributed by atoms with van der Waals surface area (Å²) in [6.07, 6.45) is 1.05. The molecule has 1 aliphatic heterocycles. The lowest BCUT2D eigenvalue weighted by molar-refractivity contribution is -0.156. The zero-order chi connectivity index (χ0) is 21.0. The van der Waals surface area contributed by atoms with Gasteiger partial charge in [-0.15, -0.1) is 0 Å². The van der Waals surface area contributed by atoms with E-state index < -0.39 is 45.8 Å². The third-order valence-electron chi connectivity index (χ3n) is 4.68. The van der Waals surface area contributed by atoms with Crippen molar-refractivity contribution < 1.29 is 27.5 Å². The van der Waals surface area contributed by atoms with Crippen LogP contribution in [0.25, 0.3) is 0 Å². The first-order valence-electron chi connectivity index (χ1n) is 9.27. The Labute approximate surface area is 161 Å². The molecule has 27 heavy (non-hydrogen) atoms.